The quantitative estimate of drug-likeness (QED) is 0.511. The van der Waals surface area contributed by atoms with Crippen molar-refractivity contribution in [2.45, 2.75) is 19.0 Å². The van der Waals surface area contributed by atoms with Crippen LogP contribution in [0, 0.1) is 13.8 Å². The Morgan fingerprint density at radius 3 is 2.78 bits per heavy atom. The van der Waals surface area contributed by atoms with E-state index in [0.29, 0.717) is 33.4 Å². The van der Waals surface area contributed by atoms with Crippen LogP contribution in [-0.4, -0.2) is 50.4 Å². The van der Waals surface area contributed by atoms with Crippen LogP contribution < -0.4 is 5.32 Å². The highest BCUT2D eigenvalue weighted by Crippen LogP contribution is 2.22. The summed E-state index contributed by atoms with van der Waals surface area (Å²) in [5, 5.41) is 15.0. The van der Waals surface area contributed by atoms with Crippen molar-refractivity contribution in [2.75, 3.05) is 18.7 Å². The molecule has 0 atom stereocenters. The number of aromatic nitrogens is 5. The molecule has 1 amide bonds. The van der Waals surface area contributed by atoms with Crippen molar-refractivity contribution >= 4 is 29.3 Å². The molecule has 3 rings (SSSR count). The van der Waals surface area contributed by atoms with Crippen LogP contribution in [0.1, 0.15) is 32.1 Å². The average Bonchev–Trinajstić information content (AvgIpc) is 3.25. The normalized spacial score (nSPS) is 10.7. The van der Waals surface area contributed by atoms with Gasteiger partial charge in [-0.05, 0) is 54.3 Å². The molecule has 27 heavy (non-hydrogen) atoms. The third-order valence-electron chi connectivity index (χ3n) is 4.03. The molecule has 9 nitrogen and oxygen atoms in total. The first-order valence-corrected chi connectivity index (χ1v) is 9.20. The van der Waals surface area contributed by atoms with Crippen LogP contribution in [0.2, 0.25) is 0 Å². The molecular formula is C17H18N6O3S. The van der Waals surface area contributed by atoms with E-state index >= 15 is 0 Å². The maximum atomic E-state index is 12.7. The van der Waals surface area contributed by atoms with E-state index in [1.54, 1.807) is 36.7 Å². The molecule has 1 aromatic carbocycles. The topological polar surface area (TPSA) is 115 Å². The van der Waals surface area contributed by atoms with E-state index < -0.39 is 5.97 Å². The summed E-state index contributed by atoms with van der Waals surface area (Å²) in [4.78, 5) is 27.5. The second kappa shape index (κ2) is 7.62. The lowest BCUT2D eigenvalue weighted by Gasteiger charge is -2.08. The number of esters is 1. The van der Waals surface area contributed by atoms with Gasteiger partial charge in [-0.15, -0.1) is 5.10 Å². The molecule has 0 radical (unpaired) electrons. The minimum Gasteiger partial charge on any atom is -0.465 e. The van der Waals surface area contributed by atoms with Crippen LogP contribution in [0.25, 0.3) is 5.69 Å². The van der Waals surface area contributed by atoms with Crippen molar-refractivity contribution in [2.24, 2.45) is 0 Å². The maximum Gasteiger partial charge on any atom is 0.339 e. The number of carbonyl (C=O) groups excluding carboxylic acids is 2. The summed E-state index contributed by atoms with van der Waals surface area (Å²) >= 11 is 1.42. The number of carbonyl (C=O) groups is 2. The average molecular weight is 386 g/mol. The number of tetrazole rings is 1. The Labute approximate surface area is 159 Å². The number of amides is 1. The van der Waals surface area contributed by atoms with Crippen molar-refractivity contribution in [3.8, 4) is 5.69 Å². The molecule has 2 aromatic heterocycles. The number of nitrogens with zero attached hydrogens (tertiary/aromatic N) is 4. The minimum atomic E-state index is -0.481. The number of methoxy groups -OCH3 is 1. The van der Waals surface area contributed by atoms with Gasteiger partial charge in [-0.1, -0.05) is 17.8 Å². The number of benzene rings is 1. The van der Waals surface area contributed by atoms with Gasteiger partial charge in [0.15, 0.2) is 0 Å². The van der Waals surface area contributed by atoms with E-state index in [4.69, 9.17) is 4.74 Å². The number of H-pyrrole nitrogens is 1. The Kier molecular flexibility index (Phi) is 5.26. The molecule has 0 fully saturated rings. The van der Waals surface area contributed by atoms with Crippen molar-refractivity contribution < 1.29 is 14.3 Å². The Balaban J connectivity index is 1.87. The third-order valence-corrected chi connectivity index (χ3v) is 4.65. The molecule has 0 unspecified atom stereocenters. The Hall–Kier alpha value is -3.14. The highest BCUT2D eigenvalue weighted by Gasteiger charge is 2.22. The second-order valence-corrected chi connectivity index (χ2v) is 6.47. The van der Waals surface area contributed by atoms with Gasteiger partial charge in [0.05, 0.1) is 18.4 Å². The van der Waals surface area contributed by atoms with Gasteiger partial charge in [0.2, 0.25) is 5.16 Å². The first-order chi connectivity index (χ1) is 13.0. The molecule has 10 heteroatoms. The molecule has 0 spiro atoms. The van der Waals surface area contributed by atoms with E-state index in [2.05, 4.69) is 25.8 Å². The highest BCUT2D eigenvalue weighted by atomic mass is 32.2. The minimum absolute atomic E-state index is 0.311. The van der Waals surface area contributed by atoms with E-state index in [-0.39, 0.29) is 5.91 Å². The van der Waals surface area contributed by atoms with Gasteiger partial charge in [0.25, 0.3) is 5.91 Å². The second-order valence-electron chi connectivity index (χ2n) is 5.70. The van der Waals surface area contributed by atoms with Gasteiger partial charge in [-0.3, -0.25) is 4.79 Å². The lowest BCUT2D eigenvalue weighted by molar-refractivity contribution is 0.0599. The molecule has 0 aliphatic heterocycles. The number of aromatic amines is 1. The summed E-state index contributed by atoms with van der Waals surface area (Å²) in [5.74, 6) is -0.838. The number of hydrogen-bond acceptors (Lipinski definition) is 7. The number of anilines is 1. The smallest absolute Gasteiger partial charge is 0.339 e. The van der Waals surface area contributed by atoms with Crippen LogP contribution in [0.5, 0.6) is 0 Å². The summed E-state index contributed by atoms with van der Waals surface area (Å²) in [5.41, 5.74) is 3.10. The monoisotopic (exact) mass is 386 g/mol. The number of nitrogens with one attached hydrogen (secondary N) is 2. The first kappa shape index (κ1) is 18.6. The highest BCUT2D eigenvalue weighted by molar-refractivity contribution is 7.98. The molecule has 2 N–H and O–H groups in total. The SMILES string of the molecule is COC(=O)c1c(C)[nH]c(C(=O)Nc2cccc(-n3nnnc3SC)c2)c1C. The molecule has 2 heterocycles. The molecule has 0 aliphatic carbocycles. The predicted molar refractivity (Wildman–Crippen MR) is 100 cm³/mol. The Bertz CT molecular complexity index is 1010. The fraction of sp³-hybridized carbons (Fsp3) is 0.235. The van der Waals surface area contributed by atoms with Crippen molar-refractivity contribution in [1.29, 1.82) is 0 Å². The van der Waals surface area contributed by atoms with E-state index in [1.807, 2.05) is 12.3 Å². The fourth-order valence-corrected chi connectivity index (χ4v) is 3.20. The van der Waals surface area contributed by atoms with Crippen LogP contribution >= 0.6 is 11.8 Å². The number of rotatable bonds is 5. The molecule has 0 aliphatic rings. The van der Waals surface area contributed by atoms with E-state index in [9.17, 15) is 9.59 Å². The summed E-state index contributed by atoms with van der Waals surface area (Å²) < 4.78 is 6.36. The summed E-state index contributed by atoms with van der Waals surface area (Å²) in [6.07, 6.45) is 1.88. The zero-order valence-electron chi connectivity index (χ0n) is 15.2. The van der Waals surface area contributed by atoms with Gasteiger partial charge in [0.1, 0.15) is 5.69 Å². The summed E-state index contributed by atoms with van der Waals surface area (Å²) in [7, 11) is 1.31. The van der Waals surface area contributed by atoms with Crippen LogP contribution in [0.4, 0.5) is 5.69 Å². The van der Waals surface area contributed by atoms with Crippen molar-refractivity contribution in [1.82, 2.24) is 25.2 Å². The lowest BCUT2D eigenvalue weighted by atomic mass is 10.1. The number of aryl methyl sites for hydroxylation is 1. The van der Waals surface area contributed by atoms with Gasteiger partial charge >= 0.3 is 5.97 Å². The van der Waals surface area contributed by atoms with Gasteiger partial charge in [-0.25, -0.2) is 4.79 Å². The summed E-state index contributed by atoms with van der Waals surface area (Å²) in [6.45, 7) is 3.42. The van der Waals surface area contributed by atoms with Crippen LogP contribution in [0.3, 0.4) is 0 Å². The van der Waals surface area contributed by atoms with Crippen molar-refractivity contribution in [3.05, 3.63) is 46.8 Å². The van der Waals surface area contributed by atoms with Crippen molar-refractivity contribution in [3.63, 3.8) is 0 Å². The molecule has 0 saturated carbocycles. The Morgan fingerprint density at radius 1 is 1.30 bits per heavy atom. The van der Waals surface area contributed by atoms with E-state index in [1.165, 1.54) is 18.9 Å². The zero-order chi connectivity index (χ0) is 19.6. The number of ether oxygens (including phenoxy) is 1. The largest absolute Gasteiger partial charge is 0.465 e. The molecule has 3 aromatic rings. The van der Waals surface area contributed by atoms with Gasteiger partial charge in [0, 0.05) is 11.4 Å². The predicted octanol–water partition coefficient (Wildman–Crippen LogP) is 2.37. The maximum absolute atomic E-state index is 12.7. The Morgan fingerprint density at radius 2 is 2.07 bits per heavy atom. The van der Waals surface area contributed by atoms with Crippen LogP contribution in [0.15, 0.2) is 29.4 Å². The van der Waals surface area contributed by atoms with E-state index in [0.717, 1.165) is 5.69 Å². The first-order valence-electron chi connectivity index (χ1n) is 7.98. The molecular weight excluding hydrogens is 368 g/mol. The molecule has 140 valence electrons. The molecule has 0 saturated heterocycles. The van der Waals surface area contributed by atoms with Gasteiger partial charge in [-0.2, -0.15) is 4.68 Å². The number of thioether (sulfide) groups is 1. The summed E-state index contributed by atoms with van der Waals surface area (Å²) in [6, 6.07) is 7.16. The number of hydrogen-bond donors (Lipinski definition) is 2. The van der Waals surface area contributed by atoms with Gasteiger partial charge < -0.3 is 15.0 Å². The zero-order valence-corrected chi connectivity index (χ0v) is 16.0. The molecule has 0 bridgehead atoms. The lowest BCUT2D eigenvalue weighted by Crippen LogP contribution is -2.14. The fourth-order valence-electron chi connectivity index (χ4n) is 2.76. The third kappa shape index (κ3) is 3.56. The van der Waals surface area contributed by atoms with Crippen LogP contribution in [-0.2, 0) is 4.74 Å². The standard InChI is InChI=1S/C17H18N6O3S/c1-9-13(16(25)26-3)10(2)18-14(9)15(24)19-11-6-5-7-12(8-11)23-17(27-4)20-21-22-23/h5-8,18H,1-4H3,(H,19,24).